The van der Waals surface area contributed by atoms with Crippen LogP contribution >= 0.6 is 11.3 Å². The van der Waals surface area contributed by atoms with Crippen LogP contribution in [0.3, 0.4) is 0 Å². The summed E-state index contributed by atoms with van der Waals surface area (Å²) in [4.78, 5) is 17.8. The smallest absolute Gasteiger partial charge is 0.322 e. The normalized spacial score (nSPS) is 16.1. The quantitative estimate of drug-likeness (QED) is 0.191. The number of fused-ring (bicyclic) bond motifs is 9. The van der Waals surface area contributed by atoms with Crippen LogP contribution in [0.5, 0.6) is 0 Å². The van der Waals surface area contributed by atoms with E-state index in [-0.39, 0.29) is 6.04 Å². The van der Waals surface area contributed by atoms with Gasteiger partial charge < -0.3 is 4.90 Å². The number of allylic oxidation sites excluding steroid dienone is 2. The summed E-state index contributed by atoms with van der Waals surface area (Å²) in [5.74, 6) is 1.91. The van der Waals surface area contributed by atoms with E-state index in [9.17, 15) is 0 Å². The molecule has 1 atom stereocenters. The Balaban J connectivity index is 1.26. The van der Waals surface area contributed by atoms with Gasteiger partial charge in [-0.15, -0.1) is 11.3 Å². The van der Waals surface area contributed by atoms with Gasteiger partial charge in [-0.2, -0.15) is 9.56 Å². The zero-order chi connectivity index (χ0) is 29.5. The van der Waals surface area contributed by atoms with Gasteiger partial charge in [-0.1, -0.05) is 91.0 Å². The molecule has 45 heavy (non-hydrogen) atoms. The van der Waals surface area contributed by atoms with E-state index in [4.69, 9.17) is 15.0 Å². The Labute approximate surface area is 263 Å². The fourth-order valence-corrected chi connectivity index (χ4v) is 8.30. The molecule has 6 heteroatoms. The van der Waals surface area contributed by atoms with Gasteiger partial charge >= 0.3 is 5.95 Å². The molecule has 4 heterocycles. The average molecular weight is 595 g/mol. The van der Waals surface area contributed by atoms with Crippen LogP contribution in [0.1, 0.15) is 5.56 Å². The first-order valence-electron chi connectivity index (χ1n) is 15.1. The van der Waals surface area contributed by atoms with Crippen molar-refractivity contribution in [2.24, 2.45) is 0 Å². The topological polar surface area (TPSA) is 44.9 Å². The van der Waals surface area contributed by atoms with Crippen molar-refractivity contribution in [1.82, 2.24) is 19.5 Å². The molecule has 10 rings (SSSR count). The van der Waals surface area contributed by atoms with Crippen molar-refractivity contribution in [3.05, 3.63) is 145 Å². The van der Waals surface area contributed by atoms with Crippen molar-refractivity contribution in [2.75, 3.05) is 4.90 Å². The lowest BCUT2D eigenvalue weighted by Gasteiger charge is -2.35. The SMILES string of the molecule is C1=CC2=[N+](c3nc(-c4ccccc4)nc(-c4ccccc4)n3)c3ccccc3N3c4c(ccc5c4sc4ccccc45)C(=C1)C23. The maximum absolute atomic E-state index is 5.15. The predicted octanol–water partition coefficient (Wildman–Crippen LogP) is 9.34. The molecule has 0 radical (unpaired) electrons. The van der Waals surface area contributed by atoms with Gasteiger partial charge in [0.15, 0.2) is 0 Å². The van der Waals surface area contributed by atoms with Gasteiger partial charge in [0.1, 0.15) is 17.4 Å². The summed E-state index contributed by atoms with van der Waals surface area (Å²) in [6.07, 6.45) is 6.66. The predicted molar refractivity (Wildman–Crippen MR) is 186 cm³/mol. The molecule has 0 fully saturated rings. The molecule has 2 aliphatic heterocycles. The minimum absolute atomic E-state index is 0.00664. The molecule has 7 aromatic rings. The van der Waals surface area contributed by atoms with Gasteiger partial charge in [0.2, 0.25) is 11.6 Å². The number of benzene rings is 5. The third-order valence-electron chi connectivity index (χ3n) is 8.98. The first-order valence-corrected chi connectivity index (χ1v) is 15.9. The lowest BCUT2D eigenvalue weighted by atomic mass is 9.92. The number of nitrogens with zero attached hydrogens (tertiary/aromatic N) is 5. The van der Waals surface area contributed by atoms with E-state index in [0.717, 1.165) is 28.2 Å². The largest absolute Gasteiger partial charge is 0.442 e. The van der Waals surface area contributed by atoms with E-state index >= 15 is 0 Å². The molecule has 5 aromatic carbocycles. The Morgan fingerprint density at radius 1 is 0.644 bits per heavy atom. The van der Waals surface area contributed by atoms with Gasteiger partial charge in [-0.3, -0.25) is 0 Å². The Kier molecular flexibility index (Phi) is 5.15. The lowest BCUT2D eigenvalue weighted by Crippen LogP contribution is -2.43. The summed E-state index contributed by atoms with van der Waals surface area (Å²) < 4.78 is 4.88. The molecule has 2 aromatic heterocycles. The fraction of sp³-hybridized carbons (Fsp3) is 0.0256. The van der Waals surface area contributed by atoms with E-state index < -0.39 is 0 Å². The molecule has 0 saturated carbocycles. The highest BCUT2D eigenvalue weighted by Crippen LogP contribution is 2.56. The van der Waals surface area contributed by atoms with Crippen LogP contribution in [0, 0.1) is 0 Å². The Morgan fingerprint density at radius 2 is 1.33 bits per heavy atom. The zero-order valence-corrected chi connectivity index (χ0v) is 24.8. The van der Waals surface area contributed by atoms with Crippen molar-refractivity contribution < 1.29 is 0 Å². The zero-order valence-electron chi connectivity index (χ0n) is 24.0. The molecule has 1 unspecified atom stereocenters. The second kappa shape index (κ2) is 9.39. The summed E-state index contributed by atoms with van der Waals surface area (Å²) >= 11 is 1.88. The Bertz CT molecular complexity index is 2380. The van der Waals surface area contributed by atoms with E-state index in [1.54, 1.807) is 0 Å². The number of anilines is 2. The summed E-state index contributed by atoms with van der Waals surface area (Å²) in [5.41, 5.74) is 9.07. The third kappa shape index (κ3) is 3.54. The van der Waals surface area contributed by atoms with Crippen molar-refractivity contribution in [2.45, 2.75) is 6.04 Å². The number of hydrogen-bond acceptors (Lipinski definition) is 5. The van der Waals surface area contributed by atoms with Crippen LogP contribution in [0.15, 0.2) is 140 Å². The molecule has 0 N–H and O–H groups in total. The molecule has 210 valence electrons. The molecule has 0 amide bonds. The molecule has 5 nitrogen and oxygen atoms in total. The molecule has 0 saturated heterocycles. The standard InChI is InChI=1S/C39H24N5S/c1-3-12-24(13-4-1)37-40-38(25-14-5-2-6-15-25)42-39(41-37)43-30-18-8-9-19-31(30)44-34-27(17-11-20-32(34)43)28-22-23-29-26-16-7-10-21-33(26)45-36(29)35(28)44/h1-23,34H/q+1. The third-order valence-corrected chi connectivity index (χ3v) is 10.2. The minimum Gasteiger partial charge on any atom is -0.322 e. The highest BCUT2D eigenvalue weighted by atomic mass is 32.1. The van der Waals surface area contributed by atoms with Gasteiger partial charge in [-0.25, -0.2) is 0 Å². The van der Waals surface area contributed by atoms with Crippen molar-refractivity contribution >= 4 is 65.8 Å². The van der Waals surface area contributed by atoms with Crippen LogP contribution in [-0.2, 0) is 0 Å². The van der Waals surface area contributed by atoms with Gasteiger partial charge in [-0.05, 0) is 64.1 Å². The van der Waals surface area contributed by atoms with Crippen molar-refractivity contribution in [1.29, 1.82) is 0 Å². The maximum Gasteiger partial charge on any atom is 0.442 e. The summed E-state index contributed by atoms with van der Waals surface area (Å²) in [7, 11) is 0. The summed E-state index contributed by atoms with van der Waals surface area (Å²) in [5, 5.41) is 2.62. The molecule has 0 bridgehead atoms. The Hall–Kier alpha value is -5.72. The number of hydrogen-bond donors (Lipinski definition) is 0. The average Bonchev–Trinajstić information content (AvgIpc) is 3.66. The maximum atomic E-state index is 5.15. The summed E-state index contributed by atoms with van der Waals surface area (Å²) in [6, 6.07) is 42.3. The first kappa shape index (κ1) is 24.7. The van der Waals surface area contributed by atoms with Crippen LogP contribution < -0.4 is 9.48 Å². The second-order valence-electron chi connectivity index (χ2n) is 11.5. The Morgan fingerprint density at radius 3 is 2.11 bits per heavy atom. The van der Waals surface area contributed by atoms with Crippen molar-refractivity contribution in [3.63, 3.8) is 0 Å². The summed E-state index contributed by atoms with van der Waals surface area (Å²) in [6.45, 7) is 0. The van der Waals surface area contributed by atoms with E-state index in [1.807, 2.05) is 47.7 Å². The van der Waals surface area contributed by atoms with Crippen LogP contribution in [0.25, 0.3) is 48.5 Å². The number of aromatic nitrogens is 3. The first-order chi connectivity index (χ1) is 22.3. The van der Waals surface area contributed by atoms with Gasteiger partial charge in [0.05, 0.1) is 16.1 Å². The molecule has 0 spiro atoms. The second-order valence-corrected chi connectivity index (χ2v) is 12.5. The van der Waals surface area contributed by atoms with E-state index in [0.29, 0.717) is 17.6 Å². The van der Waals surface area contributed by atoms with E-state index in [1.165, 1.54) is 37.0 Å². The number of thiophene rings is 1. The minimum atomic E-state index is -0.00664. The highest BCUT2D eigenvalue weighted by molar-refractivity contribution is 7.26. The highest BCUT2D eigenvalue weighted by Gasteiger charge is 2.47. The number of para-hydroxylation sites is 2. The van der Waals surface area contributed by atoms with Gasteiger partial charge in [0.25, 0.3) is 0 Å². The molecular formula is C39H24N5S+. The van der Waals surface area contributed by atoms with Crippen LogP contribution in [0.2, 0.25) is 0 Å². The molecular weight excluding hydrogens is 571 g/mol. The molecule has 3 aliphatic rings. The lowest BCUT2D eigenvalue weighted by molar-refractivity contribution is 0.872. The monoisotopic (exact) mass is 594 g/mol. The molecule has 1 aliphatic carbocycles. The van der Waals surface area contributed by atoms with E-state index in [2.05, 4.69) is 113 Å². The van der Waals surface area contributed by atoms with Crippen LogP contribution in [0.4, 0.5) is 23.0 Å². The fourth-order valence-electron chi connectivity index (χ4n) is 7.05. The number of rotatable bonds is 3. The van der Waals surface area contributed by atoms with Crippen LogP contribution in [-0.4, -0.2) is 26.7 Å². The van der Waals surface area contributed by atoms with Crippen molar-refractivity contribution in [3.8, 4) is 22.8 Å². The van der Waals surface area contributed by atoms with Gasteiger partial charge in [0, 0.05) is 32.2 Å².